The molecule has 0 bridgehead atoms. The molecule has 6 nitrogen and oxygen atoms in total. The highest BCUT2D eigenvalue weighted by Gasteiger charge is 2.38. The van der Waals surface area contributed by atoms with E-state index in [1.807, 2.05) is 0 Å². The normalized spacial score (nSPS) is 20.6. The van der Waals surface area contributed by atoms with Crippen LogP contribution in [0.5, 0.6) is 5.75 Å². The number of rotatable bonds is 4. The highest BCUT2D eigenvalue weighted by Crippen LogP contribution is 2.30. The molecule has 1 aromatic carbocycles. The zero-order valence-electron chi connectivity index (χ0n) is 12.2. The second-order valence-corrected chi connectivity index (χ2v) is 9.49. The van der Waals surface area contributed by atoms with Gasteiger partial charge in [-0.25, -0.2) is 16.8 Å². The van der Waals surface area contributed by atoms with Crippen molar-refractivity contribution < 1.29 is 21.6 Å². The summed E-state index contributed by atoms with van der Waals surface area (Å²) in [5.74, 6) is 0.267. The third-order valence-electron chi connectivity index (χ3n) is 3.65. The Morgan fingerprint density at radius 2 is 1.90 bits per heavy atom. The molecule has 21 heavy (non-hydrogen) atoms. The van der Waals surface area contributed by atoms with E-state index in [-0.39, 0.29) is 23.7 Å². The predicted octanol–water partition coefficient (Wildman–Crippen LogP) is 0.811. The van der Waals surface area contributed by atoms with E-state index in [0.29, 0.717) is 6.42 Å². The van der Waals surface area contributed by atoms with Crippen molar-refractivity contribution in [1.29, 1.82) is 0 Å². The molecule has 0 amide bonds. The van der Waals surface area contributed by atoms with Gasteiger partial charge in [0.2, 0.25) is 10.0 Å². The first-order valence-corrected chi connectivity index (χ1v) is 9.89. The van der Waals surface area contributed by atoms with E-state index in [9.17, 15) is 16.8 Å². The Balaban J connectivity index is 2.38. The fourth-order valence-corrected chi connectivity index (χ4v) is 5.21. The van der Waals surface area contributed by atoms with Gasteiger partial charge in [0.15, 0.2) is 9.84 Å². The number of ether oxygens (including phenoxy) is 1. The van der Waals surface area contributed by atoms with Crippen molar-refractivity contribution in [3.8, 4) is 5.75 Å². The molecular formula is C13H19NO5S2. The van der Waals surface area contributed by atoms with Crippen LogP contribution in [0.15, 0.2) is 23.1 Å². The summed E-state index contributed by atoms with van der Waals surface area (Å²) >= 11 is 0. The lowest BCUT2D eigenvalue weighted by molar-refractivity contribution is 0.398. The first-order chi connectivity index (χ1) is 9.66. The average molecular weight is 333 g/mol. The Bertz CT molecular complexity index is 740. The molecule has 1 fully saturated rings. The average Bonchev–Trinajstić information content (AvgIpc) is 2.88. The van der Waals surface area contributed by atoms with Crippen LogP contribution in [0.3, 0.4) is 0 Å². The van der Waals surface area contributed by atoms with Crippen molar-refractivity contribution in [2.75, 3.05) is 26.5 Å². The standard InChI is InChI=1S/C13H19NO5S2/c1-10-4-5-12(19-2)13(8-10)21(17,18)14-7-6-11(9-14)20(3,15)16/h4-5,8,11H,6-7,9H2,1-3H3. The van der Waals surface area contributed by atoms with Crippen molar-refractivity contribution in [3.05, 3.63) is 23.8 Å². The molecule has 0 aliphatic carbocycles. The largest absolute Gasteiger partial charge is 0.495 e. The van der Waals surface area contributed by atoms with Gasteiger partial charge in [0, 0.05) is 19.3 Å². The minimum absolute atomic E-state index is 0.00172. The number of hydrogen-bond acceptors (Lipinski definition) is 5. The topological polar surface area (TPSA) is 80.8 Å². The number of benzene rings is 1. The first-order valence-electron chi connectivity index (χ1n) is 6.50. The summed E-state index contributed by atoms with van der Waals surface area (Å²) in [5, 5.41) is -0.636. The van der Waals surface area contributed by atoms with E-state index >= 15 is 0 Å². The van der Waals surface area contributed by atoms with Gasteiger partial charge in [-0.2, -0.15) is 4.31 Å². The molecule has 1 saturated heterocycles. The minimum atomic E-state index is -3.75. The first kappa shape index (κ1) is 16.3. The summed E-state index contributed by atoms with van der Waals surface area (Å²) < 4.78 is 54.9. The third kappa shape index (κ3) is 3.22. The zero-order chi connectivity index (χ0) is 15.8. The van der Waals surface area contributed by atoms with Crippen molar-refractivity contribution in [2.24, 2.45) is 0 Å². The number of methoxy groups -OCH3 is 1. The van der Waals surface area contributed by atoms with Crippen LogP contribution in [-0.2, 0) is 19.9 Å². The smallest absolute Gasteiger partial charge is 0.246 e. The summed E-state index contributed by atoms with van der Waals surface area (Å²) in [6.45, 7) is 2.00. The maximum atomic E-state index is 12.7. The fourth-order valence-electron chi connectivity index (χ4n) is 2.39. The number of aryl methyl sites for hydroxylation is 1. The lowest BCUT2D eigenvalue weighted by atomic mass is 10.2. The molecule has 1 aliphatic rings. The number of nitrogens with zero attached hydrogens (tertiary/aromatic N) is 1. The number of sulfone groups is 1. The molecule has 118 valence electrons. The van der Waals surface area contributed by atoms with E-state index < -0.39 is 25.1 Å². The molecule has 1 atom stereocenters. The van der Waals surface area contributed by atoms with Gasteiger partial charge in [0.1, 0.15) is 10.6 Å². The Hall–Kier alpha value is -1.12. The molecule has 0 saturated carbocycles. The van der Waals surface area contributed by atoms with Crippen LogP contribution in [0.2, 0.25) is 0 Å². The van der Waals surface area contributed by atoms with Crippen LogP contribution in [0, 0.1) is 6.92 Å². The molecule has 1 unspecified atom stereocenters. The van der Waals surface area contributed by atoms with Crippen molar-refractivity contribution in [3.63, 3.8) is 0 Å². The summed E-state index contributed by atoms with van der Waals surface area (Å²) in [6, 6.07) is 4.91. The van der Waals surface area contributed by atoms with Crippen LogP contribution >= 0.6 is 0 Å². The SMILES string of the molecule is COc1ccc(C)cc1S(=O)(=O)N1CCC(S(C)(=O)=O)C1. The van der Waals surface area contributed by atoms with Crippen LogP contribution < -0.4 is 4.74 Å². The van der Waals surface area contributed by atoms with E-state index in [2.05, 4.69) is 0 Å². The maximum absolute atomic E-state index is 12.7. The van der Waals surface area contributed by atoms with E-state index in [4.69, 9.17) is 4.74 Å². The maximum Gasteiger partial charge on any atom is 0.246 e. The van der Waals surface area contributed by atoms with Crippen LogP contribution in [0.1, 0.15) is 12.0 Å². The van der Waals surface area contributed by atoms with Crippen molar-refractivity contribution >= 4 is 19.9 Å². The van der Waals surface area contributed by atoms with Crippen LogP contribution in [0.25, 0.3) is 0 Å². The van der Waals surface area contributed by atoms with E-state index in [0.717, 1.165) is 11.8 Å². The Morgan fingerprint density at radius 3 is 2.43 bits per heavy atom. The second kappa shape index (κ2) is 5.58. The van der Waals surface area contributed by atoms with Crippen molar-refractivity contribution in [2.45, 2.75) is 23.5 Å². The van der Waals surface area contributed by atoms with E-state index in [1.165, 1.54) is 11.4 Å². The molecule has 1 aliphatic heterocycles. The van der Waals surface area contributed by atoms with Crippen LogP contribution in [0.4, 0.5) is 0 Å². The summed E-state index contributed by atoms with van der Waals surface area (Å²) in [7, 11) is -5.58. The van der Waals surface area contributed by atoms with Gasteiger partial charge >= 0.3 is 0 Å². The molecule has 2 rings (SSSR count). The zero-order valence-corrected chi connectivity index (χ0v) is 13.9. The molecule has 8 heteroatoms. The number of sulfonamides is 1. The van der Waals surface area contributed by atoms with Gasteiger partial charge in [-0.1, -0.05) is 6.07 Å². The fraction of sp³-hybridized carbons (Fsp3) is 0.538. The Kier molecular flexibility index (Phi) is 4.32. The van der Waals surface area contributed by atoms with Gasteiger partial charge in [-0.05, 0) is 31.0 Å². The summed E-state index contributed by atoms with van der Waals surface area (Å²) in [4.78, 5) is 0.0825. The highest BCUT2D eigenvalue weighted by atomic mass is 32.2. The van der Waals surface area contributed by atoms with Crippen molar-refractivity contribution in [1.82, 2.24) is 4.31 Å². The van der Waals surface area contributed by atoms with Gasteiger partial charge in [0.25, 0.3) is 0 Å². The lowest BCUT2D eigenvalue weighted by Crippen LogP contribution is -2.32. The lowest BCUT2D eigenvalue weighted by Gasteiger charge is -2.18. The van der Waals surface area contributed by atoms with Gasteiger partial charge < -0.3 is 4.74 Å². The summed E-state index contributed by atoms with van der Waals surface area (Å²) in [5.41, 5.74) is 0.799. The molecule has 0 radical (unpaired) electrons. The predicted molar refractivity (Wildman–Crippen MR) is 79.7 cm³/mol. The number of hydrogen-bond donors (Lipinski definition) is 0. The summed E-state index contributed by atoms with van der Waals surface area (Å²) in [6.07, 6.45) is 1.47. The van der Waals surface area contributed by atoms with E-state index in [1.54, 1.807) is 25.1 Å². The molecular weight excluding hydrogens is 314 g/mol. The van der Waals surface area contributed by atoms with Crippen LogP contribution in [-0.4, -0.2) is 52.8 Å². The minimum Gasteiger partial charge on any atom is -0.495 e. The van der Waals surface area contributed by atoms with Gasteiger partial charge in [-0.3, -0.25) is 0 Å². The molecule has 0 N–H and O–H groups in total. The Morgan fingerprint density at radius 1 is 1.24 bits per heavy atom. The van der Waals surface area contributed by atoms with Gasteiger partial charge in [-0.15, -0.1) is 0 Å². The quantitative estimate of drug-likeness (QED) is 0.814. The Labute approximate surface area is 125 Å². The molecule has 0 aromatic heterocycles. The molecule has 1 aromatic rings. The molecule has 1 heterocycles. The van der Waals surface area contributed by atoms with Gasteiger partial charge in [0.05, 0.1) is 12.4 Å². The second-order valence-electron chi connectivity index (χ2n) is 5.26. The third-order valence-corrected chi connectivity index (χ3v) is 7.13. The highest BCUT2D eigenvalue weighted by molar-refractivity contribution is 7.91. The molecule has 0 spiro atoms. The monoisotopic (exact) mass is 333 g/mol.